The molecule has 0 atom stereocenters. The van der Waals surface area contributed by atoms with Crippen LogP contribution in [0.25, 0.3) is 0 Å². The predicted molar refractivity (Wildman–Crippen MR) is 50.4 cm³/mol. The monoisotopic (exact) mass is 174 g/mol. The molecule has 0 bridgehead atoms. The van der Waals surface area contributed by atoms with Crippen molar-refractivity contribution in [2.24, 2.45) is 0 Å². The first-order valence-electron chi connectivity index (χ1n) is 3.84. The lowest BCUT2D eigenvalue weighted by atomic mass is 10.1. The van der Waals surface area contributed by atoms with E-state index in [4.69, 9.17) is 9.16 Å². The maximum Gasteiger partial charge on any atom is 0.166 e. The Morgan fingerprint density at radius 2 is 2.18 bits per heavy atom. The summed E-state index contributed by atoms with van der Waals surface area (Å²) in [5, 5.41) is 0.345. The van der Waals surface area contributed by atoms with Crippen molar-refractivity contribution in [1.82, 2.24) is 0 Å². The van der Waals surface area contributed by atoms with E-state index in [0.29, 0.717) is 5.04 Å². The van der Waals surface area contributed by atoms with Crippen LogP contribution in [0.1, 0.15) is 20.3 Å². The van der Waals surface area contributed by atoms with Crippen LogP contribution in [0.4, 0.5) is 0 Å². The van der Waals surface area contributed by atoms with Crippen LogP contribution in [0.2, 0.25) is 5.04 Å². The third-order valence-electron chi connectivity index (χ3n) is 1.55. The lowest BCUT2D eigenvalue weighted by Gasteiger charge is -2.21. The molecular weight excluding hydrogens is 156 g/mol. The first-order valence-corrected chi connectivity index (χ1v) is 5.12. The summed E-state index contributed by atoms with van der Waals surface area (Å²) in [6.07, 6.45) is 2.55. The molecule has 0 heterocycles. The molecule has 11 heavy (non-hydrogen) atoms. The maximum atomic E-state index is 5.19. The van der Waals surface area contributed by atoms with Gasteiger partial charge in [0.25, 0.3) is 0 Å². The number of hydrogen-bond acceptors (Lipinski definition) is 2. The fourth-order valence-electron chi connectivity index (χ4n) is 0.881. The summed E-state index contributed by atoms with van der Waals surface area (Å²) in [6, 6.07) is 0. The van der Waals surface area contributed by atoms with Gasteiger partial charge in [-0.05, 0) is 11.5 Å². The van der Waals surface area contributed by atoms with Crippen LogP contribution in [0.15, 0.2) is 12.8 Å². The highest BCUT2D eigenvalue weighted by atomic mass is 28.2. The van der Waals surface area contributed by atoms with Crippen molar-refractivity contribution in [2.75, 3.05) is 13.7 Å². The maximum absolute atomic E-state index is 5.19. The third-order valence-corrected chi connectivity index (χ3v) is 2.97. The van der Waals surface area contributed by atoms with Gasteiger partial charge in [-0.2, -0.15) is 0 Å². The molecule has 66 valence electrons. The molecule has 0 aromatic heterocycles. The molecule has 0 saturated heterocycles. The average molecular weight is 174 g/mol. The lowest BCUT2D eigenvalue weighted by Crippen LogP contribution is -2.16. The zero-order chi connectivity index (χ0) is 8.74. The van der Waals surface area contributed by atoms with E-state index in [1.807, 2.05) is 0 Å². The van der Waals surface area contributed by atoms with E-state index in [1.54, 1.807) is 7.11 Å². The van der Waals surface area contributed by atoms with Crippen molar-refractivity contribution in [3.63, 3.8) is 0 Å². The molecule has 0 fully saturated rings. The van der Waals surface area contributed by atoms with E-state index in [9.17, 15) is 0 Å². The van der Waals surface area contributed by atoms with Crippen LogP contribution in [0.3, 0.4) is 0 Å². The molecule has 0 unspecified atom stereocenters. The van der Waals surface area contributed by atoms with Crippen LogP contribution >= 0.6 is 0 Å². The Kier molecular flexibility index (Phi) is 5.24. The van der Waals surface area contributed by atoms with Gasteiger partial charge in [0.1, 0.15) is 0 Å². The second-order valence-corrected chi connectivity index (χ2v) is 6.16. The fourth-order valence-corrected chi connectivity index (χ4v) is 1.95. The summed E-state index contributed by atoms with van der Waals surface area (Å²) >= 11 is 0. The lowest BCUT2D eigenvalue weighted by molar-refractivity contribution is 0.228. The van der Waals surface area contributed by atoms with Gasteiger partial charge in [0, 0.05) is 7.11 Å². The summed E-state index contributed by atoms with van der Waals surface area (Å²) in [5.74, 6) is 0. The van der Waals surface area contributed by atoms with Crippen LogP contribution in [-0.4, -0.2) is 23.5 Å². The Morgan fingerprint density at radius 3 is 2.64 bits per heavy atom. The molecule has 0 aliphatic heterocycles. The molecule has 0 aliphatic rings. The van der Waals surface area contributed by atoms with Gasteiger partial charge in [-0.15, -0.1) is 0 Å². The van der Waals surface area contributed by atoms with Gasteiger partial charge in [0.2, 0.25) is 0 Å². The van der Waals surface area contributed by atoms with E-state index in [1.165, 1.54) is 6.26 Å². The SMILES string of the molecule is C=COCCC(C)(C)[SiH2]OC. The highest BCUT2D eigenvalue weighted by Gasteiger charge is 2.17. The first kappa shape index (κ1) is 10.7. The predicted octanol–water partition coefficient (Wildman–Crippen LogP) is 1.47. The van der Waals surface area contributed by atoms with Crippen LogP contribution in [-0.2, 0) is 9.16 Å². The minimum Gasteiger partial charge on any atom is -0.502 e. The smallest absolute Gasteiger partial charge is 0.166 e. The van der Waals surface area contributed by atoms with Gasteiger partial charge >= 0.3 is 0 Å². The van der Waals surface area contributed by atoms with Crippen LogP contribution in [0, 0.1) is 0 Å². The minimum absolute atomic E-state index is 0.345. The Labute approximate surface area is 71.5 Å². The van der Waals surface area contributed by atoms with Crippen molar-refractivity contribution < 1.29 is 9.16 Å². The second-order valence-electron chi connectivity index (χ2n) is 3.38. The number of ether oxygens (including phenoxy) is 1. The molecule has 0 aliphatic carbocycles. The Morgan fingerprint density at radius 1 is 1.55 bits per heavy atom. The summed E-state index contributed by atoms with van der Waals surface area (Å²) in [4.78, 5) is 0. The van der Waals surface area contributed by atoms with Crippen molar-refractivity contribution in [1.29, 1.82) is 0 Å². The van der Waals surface area contributed by atoms with Gasteiger partial charge in [-0.1, -0.05) is 20.4 Å². The second kappa shape index (κ2) is 5.38. The van der Waals surface area contributed by atoms with Crippen LogP contribution < -0.4 is 0 Å². The molecule has 0 amide bonds. The van der Waals surface area contributed by atoms with Gasteiger partial charge in [-0.3, -0.25) is 0 Å². The molecule has 2 nitrogen and oxygen atoms in total. The number of hydrogen-bond donors (Lipinski definition) is 0. The first-order chi connectivity index (χ1) is 5.12. The van der Waals surface area contributed by atoms with E-state index in [0.717, 1.165) is 13.0 Å². The van der Waals surface area contributed by atoms with E-state index < -0.39 is 9.76 Å². The molecule has 0 rings (SSSR count). The van der Waals surface area contributed by atoms with Crippen molar-refractivity contribution in [3.05, 3.63) is 12.8 Å². The van der Waals surface area contributed by atoms with Gasteiger partial charge in [0.15, 0.2) is 9.76 Å². The Bertz CT molecular complexity index is 113. The van der Waals surface area contributed by atoms with Crippen LogP contribution in [0.5, 0.6) is 0 Å². The molecule has 0 saturated carbocycles. The van der Waals surface area contributed by atoms with E-state index >= 15 is 0 Å². The third kappa shape index (κ3) is 6.13. The molecule has 0 N–H and O–H groups in total. The van der Waals surface area contributed by atoms with E-state index in [2.05, 4.69) is 20.4 Å². The van der Waals surface area contributed by atoms with Gasteiger partial charge in [0.05, 0.1) is 12.9 Å². The molecule has 0 spiro atoms. The Hall–Kier alpha value is -0.283. The Balaban J connectivity index is 3.45. The highest BCUT2D eigenvalue weighted by molar-refractivity contribution is 6.31. The fraction of sp³-hybridized carbons (Fsp3) is 0.750. The van der Waals surface area contributed by atoms with Crippen molar-refractivity contribution in [3.8, 4) is 0 Å². The van der Waals surface area contributed by atoms with Crippen molar-refractivity contribution >= 4 is 9.76 Å². The largest absolute Gasteiger partial charge is 0.502 e. The summed E-state index contributed by atoms with van der Waals surface area (Å²) in [6.45, 7) is 8.68. The summed E-state index contributed by atoms with van der Waals surface area (Å²) in [5.41, 5.74) is 0. The van der Waals surface area contributed by atoms with Gasteiger partial charge < -0.3 is 9.16 Å². The molecule has 0 aromatic rings. The highest BCUT2D eigenvalue weighted by Crippen LogP contribution is 2.26. The van der Waals surface area contributed by atoms with E-state index in [-0.39, 0.29) is 0 Å². The normalized spacial score (nSPS) is 12.3. The quantitative estimate of drug-likeness (QED) is 0.345. The molecular formula is C8H18O2Si. The minimum atomic E-state index is -0.393. The molecule has 3 heteroatoms. The number of rotatable bonds is 6. The summed E-state index contributed by atoms with van der Waals surface area (Å²) < 4.78 is 10.2. The van der Waals surface area contributed by atoms with Gasteiger partial charge in [-0.25, -0.2) is 0 Å². The average Bonchev–Trinajstić information content (AvgIpc) is 1.87. The summed E-state index contributed by atoms with van der Waals surface area (Å²) in [7, 11) is 1.39. The molecule has 0 radical (unpaired) electrons. The topological polar surface area (TPSA) is 18.5 Å². The molecule has 0 aromatic carbocycles. The zero-order valence-corrected chi connectivity index (χ0v) is 9.14. The van der Waals surface area contributed by atoms with Crippen molar-refractivity contribution in [2.45, 2.75) is 25.3 Å². The zero-order valence-electron chi connectivity index (χ0n) is 7.72. The standard InChI is InChI=1S/C8H18O2Si/c1-5-10-7-6-8(2,3)11-9-4/h5H,1,6-7,11H2,2-4H3.